The SMILES string of the molecule is C[Si]1(C)c2ccccc2C(=N)C1C(=N)c1ccc2c(c1)c1ccccc1n2C1C=CC(c2ccccc2)=CC1. The summed E-state index contributed by atoms with van der Waals surface area (Å²) in [7, 11) is -2.05. The number of hydrogen-bond donors (Lipinski definition) is 2. The first-order chi connectivity index (χ1) is 18.9. The molecule has 0 spiro atoms. The topological polar surface area (TPSA) is 52.6 Å². The second kappa shape index (κ2) is 8.89. The van der Waals surface area contributed by atoms with Crippen molar-refractivity contribution in [3.63, 3.8) is 0 Å². The number of nitrogens with zero attached hydrogens (tertiary/aromatic N) is 1. The molecule has 190 valence electrons. The summed E-state index contributed by atoms with van der Waals surface area (Å²) in [6.45, 7) is 4.62. The molecule has 4 heteroatoms. The van der Waals surface area contributed by atoms with E-state index in [0.29, 0.717) is 11.4 Å². The van der Waals surface area contributed by atoms with Crippen molar-refractivity contribution in [2.24, 2.45) is 0 Å². The minimum absolute atomic E-state index is 0.136. The average molecular weight is 522 g/mol. The zero-order valence-corrected chi connectivity index (χ0v) is 23.3. The minimum Gasteiger partial charge on any atom is -0.333 e. The number of allylic oxidation sites excluding steroid dienone is 4. The van der Waals surface area contributed by atoms with Crippen LogP contribution in [0.4, 0.5) is 0 Å². The molecule has 0 amide bonds. The predicted octanol–water partition coefficient (Wildman–Crippen LogP) is 8.11. The lowest BCUT2D eigenvalue weighted by Crippen LogP contribution is -2.45. The van der Waals surface area contributed by atoms with E-state index in [9.17, 15) is 5.41 Å². The molecule has 5 aromatic rings. The zero-order chi connectivity index (χ0) is 26.7. The Morgan fingerprint density at radius 2 is 1.54 bits per heavy atom. The van der Waals surface area contributed by atoms with Crippen LogP contribution < -0.4 is 5.19 Å². The van der Waals surface area contributed by atoms with Crippen molar-refractivity contribution in [3.8, 4) is 0 Å². The van der Waals surface area contributed by atoms with Gasteiger partial charge in [0.15, 0.2) is 0 Å². The zero-order valence-electron chi connectivity index (χ0n) is 22.3. The van der Waals surface area contributed by atoms with Gasteiger partial charge in [-0.2, -0.15) is 0 Å². The van der Waals surface area contributed by atoms with Crippen LogP contribution in [0.15, 0.2) is 115 Å². The van der Waals surface area contributed by atoms with E-state index in [1.165, 1.54) is 38.1 Å². The van der Waals surface area contributed by atoms with Crippen molar-refractivity contribution in [1.29, 1.82) is 10.8 Å². The Kier molecular flexibility index (Phi) is 5.43. The number of aromatic nitrogens is 1. The van der Waals surface area contributed by atoms with E-state index in [1.54, 1.807) is 0 Å². The maximum absolute atomic E-state index is 9.35. The summed E-state index contributed by atoms with van der Waals surface area (Å²) in [5.41, 5.74) is 7.97. The number of nitrogens with one attached hydrogen (secondary N) is 2. The fraction of sp³-hybridized carbons (Fsp3) is 0.143. The van der Waals surface area contributed by atoms with Gasteiger partial charge in [0.2, 0.25) is 0 Å². The second-order valence-corrected chi connectivity index (χ2v) is 15.9. The van der Waals surface area contributed by atoms with Crippen molar-refractivity contribution in [3.05, 3.63) is 132 Å². The van der Waals surface area contributed by atoms with Gasteiger partial charge in [0.25, 0.3) is 0 Å². The van der Waals surface area contributed by atoms with Crippen molar-refractivity contribution < 1.29 is 0 Å². The van der Waals surface area contributed by atoms with Gasteiger partial charge in [-0.1, -0.05) is 110 Å². The van der Waals surface area contributed by atoms with Gasteiger partial charge < -0.3 is 15.4 Å². The Bertz CT molecular complexity index is 1860. The normalized spacial score (nSPS) is 19.8. The molecular weight excluding hydrogens is 490 g/mol. The molecule has 1 aliphatic heterocycles. The smallest absolute Gasteiger partial charge is 0.0975 e. The summed E-state index contributed by atoms with van der Waals surface area (Å²) in [5, 5.41) is 22.1. The van der Waals surface area contributed by atoms with E-state index in [-0.39, 0.29) is 11.6 Å². The first kappa shape index (κ1) is 23.8. The fourth-order valence-electron chi connectivity index (χ4n) is 6.80. The van der Waals surface area contributed by atoms with Crippen LogP contribution in [0.3, 0.4) is 0 Å². The van der Waals surface area contributed by atoms with Crippen molar-refractivity contribution in [2.75, 3.05) is 0 Å². The van der Waals surface area contributed by atoms with E-state index in [2.05, 4.69) is 127 Å². The van der Waals surface area contributed by atoms with Crippen LogP contribution in [0, 0.1) is 10.8 Å². The highest BCUT2D eigenvalue weighted by Gasteiger charge is 2.47. The van der Waals surface area contributed by atoms with Crippen LogP contribution in [0.5, 0.6) is 0 Å². The Labute approximate surface area is 230 Å². The molecule has 2 atom stereocenters. The van der Waals surface area contributed by atoms with Crippen LogP contribution in [0.25, 0.3) is 27.4 Å². The van der Waals surface area contributed by atoms with Crippen LogP contribution in [-0.4, -0.2) is 24.1 Å². The van der Waals surface area contributed by atoms with Gasteiger partial charge in [0.05, 0.1) is 14.1 Å². The third-order valence-corrected chi connectivity index (χ3v) is 12.6. The number of para-hydroxylation sites is 1. The lowest BCUT2D eigenvalue weighted by molar-refractivity contribution is 0.649. The van der Waals surface area contributed by atoms with Gasteiger partial charge in [-0.3, -0.25) is 0 Å². The lowest BCUT2D eigenvalue weighted by atomic mass is 9.97. The minimum atomic E-state index is -2.05. The quantitative estimate of drug-likeness (QED) is 0.177. The fourth-order valence-corrected chi connectivity index (χ4v) is 10.3. The standard InChI is InChI=1S/C35H31N3Si/c1-39(2)32-15-9-7-13-28(32)34(37)35(39)33(36)25-18-21-31-29(22-25)27-12-6-8-14-30(27)38(31)26-19-16-24(17-20-26)23-10-4-3-5-11-23/h3-19,21-22,26,35-37H,20H2,1-2H3. The molecule has 0 bridgehead atoms. The summed E-state index contributed by atoms with van der Waals surface area (Å²) in [4.78, 5) is 0. The highest BCUT2D eigenvalue weighted by molar-refractivity contribution is 7.00. The second-order valence-electron chi connectivity index (χ2n) is 11.3. The highest BCUT2D eigenvalue weighted by atomic mass is 28.3. The van der Waals surface area contributed by atoms with E-state index < -0.39 is 8.07 Å². The summed E-state index contributed by atoms with van der Waals surface area (Å²) < 4.78 is 2.46. The molecule has 0 fully saturated rings. The van der Waals surface area contributed by atoms with E-state index >= 15 is 0 Å². The molecule has 7 rings (SSSR count). The molecule has 2 N–H and O–H groups in total. The van der Waals surface area contributed by atoms with Crippen molar-refractivity contribution >= 4 is 52.1 Å². The van der Waals surface area contributed by atoms with Gasteiger partial charge in [-0.25, -0.2) is 0 Å². The van der Waals surface area contributed by atoms with Crippen molar-refractivity contribution in [1.82, 2.24) is 4.57 Å². The molecule has 0 saturated carbocycles. The number of fused-ring (bicyclic) bond motifs is 4. The van der Waals surface area contributed by atoms with Gasteiger partial charge >= 0.3 is 0 Å². The van der Waals surface area contributed by atoms with Crippen LogP contribution in [0.2, 0.25) is 18.6 Å². The molecule has 2 heterocycles. The van der Waals surface area contributed by atoms with Gasteiger partial charge in [-0.15, -0.1) is 0 Å². The lowest BCUT2D eigenvalue weighted by Gasteiger charge is -2.26. The Balaban J connectivity index is 1.29. The summed E-state index contributed by atoms with van der Waals surface area (Å²) >= 11 is 0. The largest absolute Gasteiger partial charge is 0.333 e. The number of hydrogen-bond acceptors (Lipinski definition) is 2. The number of benzene rings is 4. The third-order valence-electron chi connectivity index (χ3n) is 8.75. The first-order valence-corrected chi connectivity index (χ1v) is 16.8. The molecule has 3 nitrogen and oxygen atoms in total. The molecule has 2 aliphatic rings. The molecule has 0 saturated heterocycles. The van der Waals surface area contributed by atoms with Crippen molar-refractivity contribution in [2.45, 2.75) is 31.1 Å². The number of rotatable bonds is 4. The monoisotopic (exact) mass is 521 g/mol. The molecule has 1 aliphatic carbocycles. The molecule has 2 unspecified atom stereocenters. The molecule has 0 radical (unpaired) electrons. The summed E-state index contributed by atoms with van der Waals surface area (Å²) in [6.07, 6.45) is 7.86. The average Bonchev–Trinajstić information content (AvgIpc) is 3.41. The van der Waals surface area contributed by atoms with E-state index in [1.807, 2.05) is 6.07 Å². The van der Waals surface area contributed by atoms with Crippen LogP contribution in [-0.2, 0) is 0 Å². The van der Waals surface area contributed by atoms with E-state index in [4.69, 9.17) is 5.41 Å². The third kappa shape index (κ3) is 3.63. The maximum atomic E-state index is 9.35. The maximum Gasteiger partial charge on any atom is 0.0975 e. The molecule has 4 aromatic carbocycles. The molecule has 39 heavy (non-hydrogen) atoms. The van der Waals surface area contributed by atoms with Crippen LogP contribution >= 0.6 is 0 Å². The van der Waals surface area contributed by atoms with Gasteiger partial charge in [0.1, 0.15) is 0 Å². The van der Waals surface area contributed by atoms with Crippen LogP contribution in [0.1, 0.15) is 29.2 Å². The van der Waals surface area contributed by atoms with Gasteiger partial charge in [0, 0.05) is 38.8 Å². The Morgan fingerprint density at radius 3 is 2.31 bits per heavy atom. The predicted molar refractivity (Wildman–Crippen MR) is 168 cm³/mol. The van der Waals surface area contributed by atoms with Gasteiger partial charge in [-0.05, 0) is 52.1 Å². The Hall–Kier alpha value is -4.28. The van der Waals surface area contributed by atoms with E-state index in [0.717, 1.165) is 17.5 Å². The molecular formula is C35H31N3Si. The summed E-state index contributed by atoms with van der Waals surface area (Å²) in [6, 6.07) is 34.3. The Morgan fingerprint density at radius 1 is 0.821 bits per heavy atom. The highest BCUT2D eigenvalue weighted by Crippen LogP contribution is 2.39. The first-order valence-electron chi connectivity index (χ1n) is 13.7. The summed E-state index contributed by atoms with van der Waals surface area (Å²) in [5.74, 6) is 0. The molecule has 1 aromatic heterocycles.